The van der Waals surface area contributed by atoms with Crippen molar-refractivity contribution >= 4 is 129 Å². The van der Waals surface area contributed by atoms with Crippen LogP contribution in [0.3, 0.4) is 0 Å². The number of hydrogen-bond acceptors (Lipinski definition) is 24. The van der Waals surface area contributed by atoms with E-state index in [1.807, 2.05) is 0 Å². The molecule has 26 radical (unpaired) electrons. The minimum atomic E-state index is -0.782. The number of amides is 4. The zero-order valence-corrected chi connectivity index (χ0v) is 45.5. The van der Waals surface area contributed by atoms with Gasteiger partial charge in [-0.2, -0.15) is 0 Å². The predicted molar refractivity (Wildman–Crippen MR) is 260 cm³/mol. The molecule has 0 fully saturated rings. The van der Waals surface area contributed by atoms with E-state index < -0.39 is 71.7 Å². The first-order chi connectivity index (χ1) is 36.5. The van der Waals surface area contributed by atoms with E-state index in [1.165, 1.54) is 56.1 Å². The SMILES string of the molecule is CC#CC[C@H]([N-]C(C)=O)C(=O)OC.CC#CC[C@H]([N-]C(C)=O)C(=O)OC.CC#CC[C@H]([N-]C(C)=O)C(=O)OC.CC#CC[C@H]([N-]C(C)=O)C(=O)OC.[C]=O.[C]=O.[C]=O.[C]=O.[C]=O.[C]=O.[C]=O.[C]=O.[C]=O.[C]=O.[C]=O.[C]=O.[Co+2].[Co+2]. The van der Waals surface area contributed by atoms with Gasteiger partial charge >= 0.3 is 33.6 Å². The molecule has 0 aliphatic rings. The second-order valence-corrected chi connectivity index (χ2v) is 9.27. The number of ether oxygens (including phenoxy) is 4. The zero-order chi connectivity index (χ0) is 65.1. The normalized spacial score (nSPS) is 7.74. The number of methoxy groups -OCH3 is 4. The van der Waals surface area contributed by atoms with Crippen molar-refractivity contribution in [2.45, 2.75) is 105 Å². The van der Waals surface area contributed by atoms with Crippen LogP contribution in [0.25, 0.3) is 21.3 Å². The monoisotopic (exact) mass is 1180 g/mol. The maximum Gasteiger partial charge on any atom is 2.00 e. The fourth-order valence-electron chi connectivity index (χ4n) is 2.94. The molecule has 0 aromatic rings. The van der Waals surface area contributed by atoms with E-state index in [4.69, 9.17) is 57.5 Å². The summed E-state index contributed by atoms with van der Waals surface area (Å²) in [6.45, 7) is 65.8. The molecule has 0 rings (SSSR count). The Morgan fingerprint density at radius 1 is 0.295 bits per heavy atom. The Balaban J connectivity index is -0.0000000336. The van der Waals surface area contributed by atoms with Crippen LogP contribution in [0, 0.1) is 47.4 Å². The molecule has 0 bridgehead atoms. The van der Waals surface area contributed by atoms with E-state index in [1.54, 1.807) is 27.7 Å². The predicted octanol–water partition coefficient (Wildman–Crippen LogP) is -1.32. The molecular formula is C48H48Co2N4O24. The summed E-state index contributed by atoms with van der Waals surface area (Å²) < 4.78 is 17.8. The first-order valence-corrected chi connectivity index (χ1v) is 17.7. The minimum Gasteiger partial charge on any atom is -0.641 e. The van der Waals surface area contributed by atoms with E-state index in [0.29, 0.717) is 0 Å². The largest absolute Gasteiger partial charge is 2.00 e. The summed E-state index contributed by atoms with van der Waals surface area (Å²) >= 11 is 0. The maximum atomic E-state index is 11.0. The van der Waals surface area contributed by atoms with Crippen molar-refractivity contribution in [1.29, 1.82) is 0 Å². The third-order valence-electron chi connectivity index (χ3n) is 5.13. The Labute approximate surface area is 478 Å². The number of nitrogens with zero attached hydrogens (tertiary/aromatic N) is 4. The smallest absolute Gasteiger partial charge is 0.641 e. The van der Waals surface area contributed by atoms with Crippen LogP contribution < -0.4 is 0 Å². The molecule has 0 N–H and O–H groups in total. The number of carbonyl (C=O) groups is 8. The van der Waals surface area contributed by atoms with Gasteiger partial charge in [0.1, 0.15) is 0 Å². The molecule has 0 heterocycles. The summed E-state index contributed by atoms with van der Waals surface area (Å²) in [5.41, 5.74) is 0. The van der Waals surface area contributed by atoms with Crippen molar-refractivity contribution in [2.75, 3.05) is 28.4 Å². The Morgan fingerprint density at radius 3 is 0.462 bits per heavy atom. The van der Waals surface area contributed by atoms with Crippen molar-refractivity contribution < 1.29 is 148 Å². The van der Waals surface area contributed by atoms with E-state index >= 15 is 0 Å². The first kappa shape index (κ1) is 123. The standard InChI is InChI=1S/4C9H13NO3.12CO.2Co/c4*1-4-5-6-8(9(12)13-3)10-7(2)11;12*1-2;;/h4*8H,6H2,1-3H3,(H,10,11);;;;;;;;;;;;;;/q;;;;;;;;;;;;;;;;2*+2/p-4/t4*8-;;;;;;;;;;;;;;/m0000............../s1. The average molecular weight is 1180 g/mol. The Bertz CT molecular complexity index is 1410. The Kier molecular flexibility index (Phi) is 217. The minimum absolute atomic E-state index is 0. The van der Waals surface area contributed by atoms with Crippen molar-refractivity contribution in [3.05, 3.63) is 21.3 Å². The van der Waals surface area contributed by atoms with E-state index in [-0.39, 0.29) is 59.2 Å². The fraction of sp³-hybridized carbons (Fsp3) is 0.417. The number of rotatable bonds is 12. The third kappa shape index (κ3) is 132. The summed E-state index contributed by atoms with van der Waals surface area (Å²) in [5, 5.41) is 14.3. The van der Waals surface area contributed by atoms with Gasteiger partial charge in [-0.3, -0.25) is 76.7 Å². The van der Waals surface area contributed by atoms with Crippen molar-refractivity contribution in [3.63, 3.8) is 0 Å². The van der Waals surface area contributed by atoms with E-state index in [2.05, 4.69) is 169 Å². The molecule has 422 valence electrons. The van der Waals surface area contributed by atoms with Gasteiger partial charge in [0.05, 0.1) is 28.4 Å². The van der Waals surface area contributed by atoms with Gasteiger partial charge in [0, 0.05) is 49.3 Å². The molecule has 30 heteroatoms. The molecule has 0 saturated heterocycles. The van der Waals surface area contributed by atoms with Gasteiger partial charge in [-0.05, 0) is 79.6 Å². The van der Waals surface area contributed by atoms with Crippen molar-refractivity contribution in [3.8, 4) is 47.4 Å². The van der Waals surface area contributed by atoms with Crippen LogP contribution >= 0.6 is 0 Å². The second kappa shape index (κ2) is 138. The molecule has 28 nitrogen and oxygen atoms in total. The summed E-state index contributed by atoms with van der Waals surface area (Å²) in [6, 6.07) is -3.13. The summed E-state index contributed by atoms with van der Waals surface area (Å²) in [5.74, 6) is 17.5. The Morgan fingerprint density at radius 2 is 0.397 bits per heavy atom. The van der Waals surface area contributed by atoms with Gasteiger partial charge in [0.15, 0.2) is 0 Å². The molecule has 0 aromatic heterocycles. The number of esters is 4. The fourth-order valence-corrected chi connectivity index (χ4v) is 2.94. The molecule has 0 unspecified atom stereocenters. The van der Waals surface area contributed by atoms with E-state index in [9.17, 15) is 38.4 Å². The zero-order valence-electron chi connectivity index (χ0n) is 43.4. The van der Waals surface area contributed by atoms with Gasteiger partial charge in [0.25, 0.3) is 105 Å². The van der Waals surface area contributed by atoms with Crippen LogP contribution in [0.1, 0.15) is 81.1 Å². The average Bonchev–Trinajstić information content (AvgIpc) is 3.48. The van der Waals surface area contributed by atoms with Crippen LogP contribution in [-0.2, 0) is 148 Å². The molecule has 0 aromatic carbocycles. The van der Waals surface area contributed by atoms with Crippen LogP contribution in [0.15, 0.2) is 0 Å². The van der Waals surface area contributed by atoms with Crippen LogP contribution in [0.2, 0.25) is 0 Å². The van der Waals surface area contributed by atoms with Crippen LogP contribution in [0.4, 0.5) is 0 Å². The Hall–Kier alpha value is -8.95. The molecule has 0 saturated carbocycles. The van der Waals surface area contributed by atoms with Crippen molar-refractivity contribution in [1.82, 2.24) is 0 Å². The number of hydrogen-bond donors (Lipinski definition) is 0. The third-order valence-corrected chi connectivity index (χ3v) is 5.13. The van der Waals surface area contributed by atoms with Crippen LogP contribution in [-0.4, -0.2) is 182 Å². The summed E-state index contributed by atoms with van der Waals surface area (Å²) in [7, 11) is 5.02. The topological polar surface area (TPSA) is 435 Å². The second-order valence-electron chi connectivity index (χ2n) is 9.27. The molecule has 0 aliphatic carbocycles. The number of carbonyl (C=O) groups excluding carboxylic acids is 20. The molecular weight excluding hydrogens is 1130 g/mol. The van der Waals surface area contributed by atoms with Crippen molar-refractivity contribution in [2.24, 2.45) is 0 Å². The first-order valence-electron chi connectivity index (χ1n) is 17.7. The quantitative estimate of drug-likeness (QED) is 0.124. The molecule has 0 aliphatic heterocycles. The van der Waals surface area contributed by atoms with Gasteiger partial charge in [-0.25, -0.2) is 0 Å². The summed E-state index contributed by atoms with van der Waals surface area (Å²) in [4.78, 5) is 177. The molecule has 4 amide bonds. The van der Waals surface area contributed by atoms with Gasteiger partial charge in [-0.15, -0.1) is 47.4 Å². The van der Waals surface area contributed by atoms with Crippen LogP contribution in [0.5, 0.6) is 0 Å². The van der Waals surface area contributed by atoms with Gasteiger partial charge in [0.2, 0.25) is 0 Å². The van der Waals surface area contributed by atoms with E-state index in [0.717, 1.165) is 0 Å². The maximum absolute atomic E-state index is 11.0. The summed E-state index contributed by atoms with van der Waals surface area (Å²) in [6.07, 6.45) is 0.900. The van der Waals surface area contributed by atoms with Gasteiger partial charge in [-0.1, -0.05) is 0 Å². The van der Waals surface area contributed by atoms with Gasteiger partial charge < -0.3 is 59.4 Å². The molecule has 4 atom stereocenters. The molecule has 78 heavy (non-hydrogen) atoms. The molecule has 0 spiro atoms.